The molecule has 0 amide bonds. The summed E-state index contributed by atoms with van der Waals surface area (Å²) < 4.78 is 2.01. The lowest BCUT2D eigenvalue weighted by Crippen LogP contribution is -2.31. The molecule has 1 aromatic carbocycles. The van der Waals surface area contributed by atoms with Crippen molar-refractivity contribution < 1.29 is 0 Å². The topological polar surface area (TPSA) is 47.1 Å². The molecule has 1 aromatic heterocycles. The Morgan fingerprint density at radius 1 is 1.14 bits per heavy atom. The van der Waals surface area contributed by atoms with Crippen molar-refractivity contribution in [2.24, 2.45) is 5.73 Å². The maximum atomic E-state index is 5.74. The maximum Gasteiger partial charge on any atom is 0.0764 e. The summed E-state index contributed by atoms with van der Waals surface area (Å²) in [6, 6.07) is 13.1. The zero-order valence-corrected chi connectivity index (χ0v) is 14.3. The Labute approximate surface area is 139 Å². The van der Waals surface area contributed by atoms with Crippen molar-refractivity contribution in [1.29, 1.82) is 0 Å². The molecule has 0 saturated carbocycles. The van der Waals surface area contributed by atoms with Crippen molar-refractivity contribution in [3.05, 3.63) is 53.9 Å². The molecule has 2 rings (SSSR count). The van der Waals surface area contributed by atoms with Gasteiger partial charge in [-0.1, -0.05) is 30.3 Å². The summed E-state index contributed by atoms with van der Waals surface area (Å²) in [5.41, 5.74) is 8.22. The van der Waals surface area contributed by atoms with Crippen molar-refractivity contribution in [3.63, 3.8) is 0 Å². The number of rotatable bonds is 8. The highest BCUT2D eigenvalue weighted by Gasteiger charge is 2.09. The van der Waals surface area contributed by atoms with Crippen molar-refractivity contribution in [3.8, 4) is 0 Å². The molecule has 0 aliphatic heterocycles. The summed E-state index contributed by atoms with van der Waals surface area (Å²) in [7, 11) is 0. The Kier molecular flexibility index (Phi) is 8.17. The van der Waals surface area contributed by atoms with Crippen molar-refractivity contribution in [1.82, 2.24) is 14.7 Å². The molecular weight excluding hydrogens is 296 g/mol. The third-order valence-corrected chi connectivity index (χ3v) is 3.58. The van der Waals surface area contributed by atoms with E-state index in [2.05, 4.69) is 66.4 Å². The summed E-state index contributed by atoms with van der Waals surface area (Å²) >= 11 is 0. The molecule has 0 fully saturated rings. The minimum absolute atomic E-state index is 0. The Morgan fingerprint density at radius 2 is 1.86 bits per heavy atom. The lowest BCUT2D eigenvalue weighted by Gasteiger charge is -2.20. The number of aromatic nitrogens is 2. The molecule has 0 unspecified atom stereocenters. The Morgan fingerprint density at radius 3 is 2.45 bits per heavy atom. The van der Waals surface area contributed by atoms with E-state index in [-0.39, 0.29) is 12.4 Å². The summed E-state index contributed by atoms with van der Waals surface area (Å²) in [5.74, 6) is 0. The SMILES string of the molecule is CC(C)n1ccc(CN(CCN)CCc2ccccc2)n1.Cl. The smallest absolute Gasteiger partial charge is 0.0764 e. The zero-order chi connectivity index (χ0) is 15.1. The first-order valence-electron chi connectivity index (χ1n) is 7.69. The molecule has 1 heterocycles. The molecule has 0 radical (unpaired) electrons. The second kappa shape index (κ2) is 9.62. The first-order chi connectivity index (χ1) is 10.2. The van der Waals surface area contributed by atoms with E-state index < -0.39 is 0 Å². The van der Waals surface area contributed by atoms with Gasteiger partial charge in [-0.2, -0.15) is 5.10 Å². The fourth-order valence-corrected chi connectivity index (χ4v) is 2.36. The number of hydrogen-bond donors (Lipinski definition) is 1. The highest BCUT2D eigenvalue weighted by molar-refractivity contribution is 5.85. The van der Waals surface area contributed by atoms with E-state index in [4.69, 9.17) is 5.73 Å². The minimum Gasteiger partial charge on any atom is -0.329 e. The van der Waals surface area contributed by atoms with Gasteiger partial charge in [0.05, 0.1) is 5.69 Å². The first kappa shape index (κ1) is 18.7. The van der Waals surface area contributed by atoms with E-state index in [1.165, 1.54) is 5.56 Å². The van der Waals surface area contributed by atoms with Crippen LogP contribution in [0.5, 0.6) is 0 Å². The zero-order valence-electron chi connectivity index (χ0n) is 13.5. The number of nitrogens with two attached hydrogens (primary N) is 1. The Balaban J connectivity index is 0.00000242. The predicted molar refractivity (Wildman–Crippen MR) is 94.3 cm³/mol. The molecule has 5 heteroatoms. The monoisotopic (exact) mass is 322 g/mol. The molecule has 0 atom stereocenters. The van der Waals surface area contributed by atoms with Crippen LogP contribution in [0.1, 0.15) is 31.1 Å². The molecule has 4 nitrogen and oxygen atoms in total. The largest absolute Gasteiger partial charge is 0.329 e. The molecule has 2 aromatic rings. The molecule has 0 aliphatic rings. The lowest BCUT2D eigenvalue weighted by molar-refractivity contribution is 0.271. The molecule has 2 N–H and O–H groups in total. The second-order valence-corrected chi connectivity index (χ2v) is 5.68. The van der Waals surface area contributed by atoms with Gasteiger partial charge in [0.1, 0.15) is 0 Å². The van der Waals surface area contributed by atoms with Gasteiger partial charge in [0.25, 0.3) is 0 Å². The predicted octanol–water partition coefficient (Wildman–Crippen LogP) is 2.89. The normalized spacial score (nSPS) is 11.0. The van der Waals surface area contributed by atoms with E-state index >= 15 is 0 Å². The average molecular weight is 323 g/mol. The van der Waals surface area contributed by atoms with Gasteiger partial charge < -0.3 is 5.73 Å². The quantitative estimate of drug-likeness (QED) is 0.813. The van der Waals surface area contributed by atoms with Crippen LogP contribution >= 0.6 is 12.4 Å². The van der Waals surface area contributed by atoms with Gasteiger partial charge >= 0.3 is 0 Å². The van der Waals surface area contributed by atoms with Crippen LogP contribution in [0.15, 0.2) is 42.6 Å². The van der Waals surface area contributed by atoms with Crippen LogP contribution in [0.4, 0.5) is 0 Å². The summed E-state index contributed by atoms with van der Waals surface area (Å²) in [5, 5.41) is 4.62. The van der Waals surface area contributed by atoms with Gasteiger partial charge in [-0.3, -0.25) is 9.58 Å². The van der Waals surface area contributed by atoms with Crippen LogP contribution in [0.25, 0.3) is 0 Å². The van der Waals surface area contributed by atoms with Gasteiger partial charge in [0, 0.05) is 38.4 Å². The number of hydrogen-bond acceptors (Lipinski definition) is 3. The molecule has 0 bridgehead atoms. The number of benzene rings is 1. The summed E-state index contributed by atoms with van der Waals surface area (Å²) in [6.07, 6.45) is 3.10. The van der Waals surface area contributed by atoms with Gasteiger partial charge in [0.2, 0.25) is 0 Å². The number of nitrogens with zero attached hydrogens (tertiary/aromatic N) is 3. The average Bonchev–Trinajstić information content (AvgIpc) is 2.95. The molecule has 0 aliphatic carbocycles. The van der Waals surface area contributed by atoms with Gasteiger partial charge in [0.15, 0.2) is 0 Å². The van der Waals surface area contributed by atoms with Crippen LogP contribution in [-0.2, 0) is 13.0 Å². The molecule has 122 valence electrons. The minimum atomic E-state index is 0. The second-order valence-electron chi connectivity index (χ2n) is 5.68. The highest BCUT2D eigenvalue weighted by Crippen LogP contribution is 2.08. The highest BCUT2D eigenvalue weighted by atomic mass is 35.5. The first-order valence-corrected chi connectivity index (χ1v) is 7.69. The van der Waals surface area contributed by atoms with Crippen molar-refractivity contribution in [2.75, 3.05) is 19.6 Å². The molecular formula is C17H27ClN4. The van der Waals surface area contributed by atoms with Gasteiger partial charge in [-0.25, -0.2) is 0 Å². The van der Waals surface area contributed by atoms with Crippen molar-refractivity contribution >= 4 is 12.4 Å². The van der Waals surface area contributed by atoms with Gasteiger partial charge in [-0.05, 0) is 31.9 Å². The standard InChI is InChI=1S/C17H26N4.ClH/c1-15(2)21-12-9-17(19-21)14-20(13-10-18)11-8-16-6-4-3-5-7-16;/h3-7,9,12,15H,8,10-11,13-14,18H2,1-2H3;1H. The third kappa shape index (κ3) is 5.79. The lowest BCUT2D eigenvalue weighted by atomic mass is 10.1. The van der Waals surface area contributed by atoms with Crippen LogP contribution in [-0.4, -0.2) is 34.3 Å². The summed E-state index contributed by atoms with van der Waals surface area (Å²) in [4.78, 5) is 2.38. The number of halogens is 1. The van der Waals surface area contributed by atoms with Crippen LogP contribution in [0, 0.1) is 0 Å². The van der Waals surface area contributed by atoms with E-state index in [0.29, 0.717) is 12.6 Å². The van der Waals surface area contributed by atoms with E-state index in [1.807, 2.05) is 4.68 Å². The Hall–Kier alpha value is -1.36. The maximum absolute atomic E-state index is 5.74. The Bertz CT molecular complexity index is 524. The molecule has 0 spiro atoms. The van der Waals surface area contributed by atoms with Gasteiger partial charge in [-0.15, -0.1) is 12.4 Å². The van der Waals surface area contributed by atoms with E-state index in [9.17, 15) is 0 Å². The van der Waals surface area contributed by atoms with Crippen LogP contribution in [0.2, 0.25) is 0 Å². The fraction of sp³-hybridized carbons (Fsp3) is 0.471. The van der Waals surface area contributed by atoms with E-state index in [1.54, 1.807) is 0 Å². The van der Waals surface area contributed by atoms with E-state index in [0.717, 1.165) is 31.7 Å². The van der Waals surface area contributed by atoms with Crippen LogP contribution < -0.4 is 5.73 Å². The molecule has 22 heavy (non-hydrogen) atoms. The summed E-state index contributed by atoms with van der Waals surface area (Å²) in [6.45, 7) is 7.74. The molecule has 0 saturated heterocycles. The fourth-order valence-electron chi connectivity index (χ4n) is 2.36. The van der Waals surface area contributed by atoms with Crippen LogP contribution in [0.3, 0.4) is 0 Å². The van der Waals surface area contributed by atoms with Crippen molar-refractivity contribution in [2.45, 2.75) is 32.9 Å². The third-order valence-electron chi connectivity index (χ3n) is 3.58.